The first kappa shape index (κ1) is 18.9. The molecule has 33 heavy (non-hydrogen) atoms. The van der Waals surface area contributed by atoms with Crippen LogP contribution in [0.4, 0.5) is 0 Å². The lowest BCUT2D eigenvalue weighted by Crippen LogP contribution is -2.01. The summed E-state index contributed by atoms with van der Waals surface area (Å²) < 4.78 is 2.07. The molecule has 0 saturated heterocycles. The maximum Gasteiger partial charge on any atom is 0.101 e. The number of benzene rings is 5. The van der Waals surface area contributed by atoms with Gasteiger partial charge >= 0.3 is 0 Å². The van der Waals surface area contributed by atoms with Crippen LogP contribution in [0.3, 0.4) is 0 Å². The second-order valence-electron chi connectivity index (χ2n) is 8.04. The maximum atomic E-state index is 9.87. The van der Waals surface area contributed by atoms with E-state index in [0.29, 0.717) is 16.8 Å². The van der Waals surface area contributed by atoms with E-state index < -0.39 is 0 Å². The Morgan fingerprint density at radius 2 is 1.24 bits per heavy atom. The van der Waals surface area contributed by atoms with Crippen molar-refractivity contribution < 1.29 is 0 Å². The molecule has 0 saturated carbocycles. The summed E-state index contributed by atoms with van der Waals surface area (Å²) in [5.41, 5.74) is 5.82. The molecule has 5 aromatic carbocycles. The van der Waals surface area contributed by atoms with Gasteiger partial charge in [0.05, 0.1) is 27.8 Å². The van der Waals surface area contributed by atoms with Crippen LogP contribution in [-0.4, -0.2) is 4.57 Å². The van der Waals surface area contributed by atoms with E-state index in [4.69, 9.17) is 0 Å². The summed E-state index contributed by atoms with van der Waals surface area (Å²) in [6, 6.07) is 39.2. The van der Waals surface area contributed by atoms with Crippen LogP contribution in [0.5, 0.6) is 0 Å². The predicted molar refractivity (Wildman–Crippen MR) is 133 cm³/mol. The number of aromatic nitrogens is 1. The second-order valence-corrected chi connectivity index (χ2v) is 8.04. The van der Waals surface area contributed by atoms with E-state index >= 15 is 0 Å². The van der Waals surface area contributed by atoms with Gasteiger partial charge in [-0.25, -0.2) is 0 Å². The van der Waals surface area contributed by atoms with Crippen molar-refractivity contribution in [2.45, 2.75) is 0 Å². The molecule has 0 atom stereocenters. The minimum Gasteiger partial charge on any atom is -0.307 e. The van der Waals surface area contributed by atoms with Crippen molar-refractivity contribution in [2.24, 2.45) is 0 Å². The normalized spacial score (nSPS) is 11.0. The van der Waals surface area contributed by atoms with E-state index in [2.05, 4.69) is 77.4 Å². The number of para-hydroxylation sites is 1. The summed E-state index contributed by atoms with van der Waals surface area (Å²) in [6.07, 6.45) is 0. The molecule has 152 valence electrons. The molecule has 1 aromatic heterocycles. The Labute approximate surface area is 191 Å². The van der Waals surface area contributed by atoms with Gasteiger partial charge in [-0.15, -0.1) is 0 Å². The lowest BCUT2D eigenvalue weighted by Gasteiger charge is -2.12. The summed E-state index contributed by atoms with van der Waals surface area (Å²) in [7, 11) is 0. The fraction of sp³-hybridized carbons (Fsp3) is 0. The third-order valence-electron chi connectivity index (χ3n) is 6.26. The second kappa shape index (κ2) is 7.38. The molecule has 6 rings (SSSR count). The van der Waals surface area contributed by atoms with Crippen LogP contribution in [0.25, 0.3) is 49.4 Å². The summed E-state index contributed by atoms with van der Waals surface area (Å²) in [4.78, 5) is 0. The smallest absolute Gasteiger partial charge is 0.101 e. The van der Waals surface area contributed by atoms with Gasteiger partial charge in [-0.05, 0) is 52.2 Å². The molecule has 0 bridgehead atoms. The zero-order chi connectivity index (χ0) is 22.4. The zero-order valence-corrected chi connectivity index (χ0v) is 17.7. The van der Waals surface area contributed by atoms with Crippen LogP contribution in [0.2, 0.25) is 0 Å². The van der Waals surface area contributed by atoms with E-state index in [-0.39, 0.29) is 0 Å². The van der Waals surface area contributed by atoms with Gasteiger partial charge in [0.25, 0.3) is 0 Å². The van der Waals surface area contributed by atoms with Crippen LogP contribution in [0.1, 0.15) is 11.1 Å². The fourth-order valence-electron chi connectivity index (χ4n) is 4.81. The van der Waals surface area contributed by atoms with Gasteiger partial charge in [0.2, 0.25) is 0 Å². The number of rotatable bonds is 2. The van der Waals surface area contributed by atoms with Crippen molar-refractivity contribution in [2.75, 3.05) is 0 Å². The van der Waals surface area contributed by atoms with E-state index in [1.807, 2.05) is 24.3 Å². The first-order valence-corrected chi connectivity index (χ1v) is 10.7. The topological polar surface area (TPSA) is 52.5 Å². The van der Waals surface area contributed by atoms with Gasteiger partial charge < -0.3 is 4.57 Å². The standard InChI is InChI=1S/C30H17N3/c31-18-23-10-6-11-24(19-32)30(23)33-27-15-14-22(20-7-2-1-3-8-20)17-26(27)29-25-12-5-4-9-21(25)13-16-28(29)33/h1-17H. The predicted octanol–water partition coefficient (Wildman–Crippen LogP) is 7.35. The van der Waals surface area contributed by atoms with E-state index in [1.54, 1.807) is 18.2 Å². The molecule has 6 aromatic rings. The molecule has 0 unspecified atom stereocenters. The third-order valence-corrected chi connectivity index (χ3v) is 6.26. The highest BCUT2D eigenvalue weighted by Crippen LogP contribution is 2.39. The maximum absolute atomic E-state index is 9.87. The molecule has 0 N–H and O–H groups in total. The Kier molecular flexibility index (Phi) is 4.22. The minimum atomic E-state index is 0.480. The van der Waals surface area contributed by atoms with Gasteiger partial charge in [-0.2, -0.15) is 10.5 Å². The molecule has 0 aliphatic heterocycles. The van der Waals surface area contributed by atoms with Gasteiger partial charge in [0, 0.05) is 10.8 Å². The monoisotopic (exact) mass is 419 g/mol. The van der Waals surface area contributed by atoms with Crippen molar-refractivity contribution in [1.82, 2.24) is 4.57 Å². The molecule has 3 nitrogen and oxygen atoms in total. The van der Waals surface area contributed by atoms with Crippen molar-refractivity contribution in [3.05, 3.63) is 114 Å². The summed E-state index contributed by atoms with van der Waals surface area (Å²) >= 11 is 0. The van der Waals surface area contributed by atoms with Gasteiger partial charge in [-0.3, -0.25) is 0 Å². The summed E-state index contributed by atoms with van der Waals surface area (Å²) in [5, 5.41) is 24.3. The van der Waals surface area contributed by atoms with Crippen molar-refractivity contribution in [1.29, 1.82) is 10.5 Å². The van der Waals surface area contributed by atoms with Crippen LogP contribution in [-0.2, 0) is 0 Å². The number of hydrogen-bond acceptors (Lipinski definition) is 2. The van der Waals surface area contributed by atoms with E-state index in [9.17, 15) is 10.5 Å². The van der Waals surface area contributed by atoms with Gasteiger partial charge in [-0.1, -0.05) is 72.8 Å². The molecule has 0 spiro atoms. The van der Waals surface area contributed by atoms with E-state index in [1.165, 1.54) is 0 Å². The zero-order valence-electron chi connectivity index (χ0n) is 17.7. The van der Waals surface area contributed by atoms with Crippen LogP contribution >= 0.6 is 0 Å². The molecule has 0 aliphatic carbocycles. The summed E-state index contributed by atoms with van der Waals surface area (Å²) in [5.74, 6) is 0. The summed E-state index contributed by atoms with van der Waals surface area (Å²) in [6.45, 7) is 0. The molecular formula is C30H17N3. The molecule has 0 amide bonds. The van der Waals surface area contributed by atoms with Crippen LogP contribution in [0, 0.1) is 22.7 Å². The highest BCUT2D eigenvalue weighted by molar-refractivity contribution is 6.22. The van der Waals surface area contributed by atoms with Crippen molar-refractivity contribution in [3.63, 3.8) is 0 Å². The first-order chi connectivity index (χ1) is 16.3. The largest absolute Gasteiger partial charge is 0.307 e. The minimum absolute atomic E-state index is 0.480. The van der Waals surface area contributed by atoms with Crippen molar-refractivity contribution >= 4 is 32.6 Å². The molecule has 0 radical (unpaired) electrons. The lowest BCUT2D eigenvalue weighted by atomic mass is 10.0. The van der Waals surface area contributed by atoms with Crippen LogP contribution < -0.4 is 0 Å². The third kappa shape index (κ3) is 2.81. The molecular weight excluding hydrogens is 402 g/mol. The molecule has 0 aliphatic rings. The Hall–Kier alpha value is -4.86. The quantitative estimate of drug-likeness (QED) is 0.295. The molecule has 0 fully saturated rings. The number of hydrogen-bond donors (Lipinski definition) is 0. The first-order valence-electron chi connectivity index (χ1n) is 10.7. The van der Waals surface area contributed by atoms with Gasteiger partial charge in [0.1, 0.15) is 12.1 Å². The molecule has 1 heterocycles. The Morgan fingerprint density at radius 1 is 0.545 bits per heavy atom. The molecule has 3 heteroatoms. The van der Waals surface area contributed by atoms with Crippen LogP contribution in [0.15, 0.2) is 103 Å². The average Bonchev–Trinajstić information content (AvgIpc) is 3.22. The highest BCUT2D eigenvalue weighted by atomic mass is 15.0. The fourth-order valence-corrected chi connectivity index (χ4v) is 4.81. The van der Waals surface area contributed by atoms with Gasteiger partial charge in [0.15, 0.2) is 0 Å². The Bertz CT molecular complexity index is 1750. The van der Waals surface area contributed by atoms with Crippen molar-refractivity contribution in [3.8, 4) is 29.0 Å². The number of nitriles is 2. The highest BCUT2D eigenvalue weighted by Gasteiger charge is 2.19. The Balaban J connectivity index is 1.83. The lowest BCUT2D eigenvalue weighted by molar-refractivity contribution is 1.16. The number of nitrogens with zero attached hydrogens (tertiary/aromatic N) is 3. The number of fused-ring (bicyclic) bond motifs is 5. The van der Waals surface area contributed by atoms with E-state index in [0.717, 1.165) is 43.7 Å². The average molecular weight is 419 g/mol. The SMILES string of the molecule is N#Cc1cccc(C#N)c1-n1c2ccc(-c3ccccc3)cc2c2c3ccccc3ccc21. The Morgan fingerprint density at radius 3 is 2.00 bits per heavy atom.